The second kappa shape index (κ2) is 9.52. The Balaban J connectivity index is 1.77. The normalized spacial score (nSPS) is 14.5. The molecule has 1 aromatic carbocycles. The fourth-order valence-corrected chi connectivity index (χ4v) is 3.78. The Morgan fingerprint density at radius 2 is 1.89 bits per heavy atom. The zero-order valence-electron chi connectivity index (χ0n) is 16.4. The molecule has 150 valence electrons. The number of carbonyl (C=O) groups is 1. The van der Waals surface area contributed by atoms with Crippen molar-refractivity contribution in [3.05, 3.63) is 46.2 Å². The van der Waals surface area contributed by atoms with E-state index in [4.69, 9.17) is 28.9 Å². The summed E-state index contributed by atoms with van der Waals surface area (Å²) in [5.74, 6) is 0.988. The zero-order chi connectivity index (χ0) is 20.1. The fraction of sp³-hybridized carbons (Fsp3) is 0.476. The lowest BCUT2D eigenvalue weighted by Gasteiger charge is -2.28. The number of aryl methyl sites for hydroxylation is 1. The van der Waals surface area contributed by atoms with Crippen LogP contribution < -0.4 is 0 Å². The fourth-order valence-electron chi connectivity index (χ4n) is 3.35. The van der Waals surface area contributed by atoms with Crippen LogP contribution in [0.2, 0.25) is 5.02 Å². The second-order valence-corrected chi connectivity index (χ2v) is 8.02. The number of hydrogen-bond acceptors (Lipinski definition) is 3. The third-order valence-electron chi connectivity index (χ3n) is 5.12. The molecule has 1 fully saturated rings. The van der Waals surface area contributed by atoms with Gasteiger partial charge in [-0.15, -0.1) is 0 Å². The number of hydrogen-bond donors (Lipinski definition) is 0. The molecule has 0 N–H and O–H groups in total. The highest BCUT2D eigenvalue weighted by Crippen LogP contribution is 2.22. The smallest absolute Gasteiger partial charge is 0.224 e. The van der Waals surface area contributed by atoms with Gasteiger partial charge in [-0.2, -0.15) is 5.10 Å². The van der Waals surface area contributed by atoms with Gasteiger partial charge < -0.3 is 4.90 Å². The molecule has 1 aliphatic rings. The van der Waals surface area contributed by atoms with E-state index in [0.29, 0.717) is 22.8 Å². The average molecular weight is 419 g/mol. The van der Waals surface area contributed by atoms with Gasteiger partial charge in [-0.05, 0) is 55.7 Å². The van der Waals surface area contributed by atoms with Gasteiger partial charge in [0.05, 0.1) is 6.54 Å². The number of piperidine rings is 1. The number of halogens is 1. The molecule has 1 amide bonds. The molecule has 0 spiro atoms. The van der Waals surface area contributed by atoms with Crippen molar-refractivity contribution in [1.29, 1.82) is 0 Å². The van der Waals surface area contributed by atoms with Gasteiger partial charge in [0.25, 0.3) is 0 Å². The summed E-state index contributed by atoms with van der Waals surface area (Å²) in [5.41, 5.74) is 2.21. The molecule has 0 saturated carbocycles. The minimum atomic E-state index is 0.158. The van der Waals surface area contributed by atoms with Crippen molar-refractivity contribution < 1.29 is 4.79 Å². The predicted octanol–water partition coefficient (Wildman–Crippen LogP) is 5.10. The number of nitrogens with zero attached hydrogens (tertiary/aromatic N) is 4. The molecule has 2 heterocycles. The van der Waals surface area contributed by atoms with Crippen LogP contribution in [-0.2, 0) is 17.9 Å². The van der Waals surface area contributed by atoms with E-state index in [1.54, 1.807) is 4.68 Å². The van der Waals surface area contributed by atoms with E-state index in [-0.39, 0.29) is 5.91 Å². The number of carbonyl (C=O) groups excluding carboxylic acids is 1. The highest BCUT2D eigenvalue weighted by molar-refractivity contribution is 7.71. The Labute approximate surface area is 176 Å². The van der Waals surface area contributed by atoms with Gasteiger partial charge in [-0.1, -0.05) is 37.1 Å². The van der Waals surface area contributed by atoms with Crippen molar-refractivity contribution in [2.24, 2.45) is 0 Å². The number of rotatable bonds is 7. The van der Waals surface area contributed by atoms with Crippen molar-refractivity contribution in [2.45, 2.75) is 52.1 Å². The van der Waals surface area contributed by atoms with E-state index in [9.17, 15) is 4.79 Å². The van der Waals surface area contributed by atoms with E-state index >= 15 is 0 Å². The molecule has 5 nitrogen and oxygen atoms in total. The summed E-state index contributed by atoms with van der Waals surface area (Å²) in [6.45, 7) is 9.01. The molecule has 0 radical (unpaired) electrons. The van der Waals surface area contributed by atoms with Crippen LogP contribution in [0.4, 0.5) is 0 Å². The Morgan fingerprint density at radius 1 is 1.21 bits per heavy atom. The topological polar surface area (TPSA) is 43.1 Å². The lowest BCUT2D eigenvalue weighted by atomic mass is 10.1. The first kappa shape index (κ1) is 20.8. The van der Waals surface area contributed by atoms with Gasteiger partial charge in [0.2, 0.25) is 5.91 Å². The molecule has 28 heavy (non-hydrogen) atoms. The molecule has 1 aromatic heterocycles. The SMILES string of the molecule is C=C1CCN(C(=O)CCn2nc(-c3ccc(Cl)cc3)n(CCCC)c2=S)CC1. The number of unbranched alkanes of at least 4 members (excludes halogenated alkanes) is 1. The molecule has 0 aliphatic carbocycles. The number of aromatic nitrogens is 3. The number of amides is 1. The number of benzene rings is 1. The molecule has 3 rings (SSSR count). The molecule has 1 aliphatic heterocycles. The van der Waals surface area contributed by atoms with Gasteiger partial charge in [0.15, 0.2) is 10.6 Å². The first-order valence-electron chi connectivity index (χ1n) is 9.87. The summed E-state index contributed by atoms with van der Waals surface area (Å²) in [5, 5.41) is 5.43. The van der Waals surface area contributed by atoms with Crippen LogP contribution in [0.3, 0.4) is 0 Å². The first-order chi connectivity index (χ1) is 13.5. The van der Waals surface area contributed by atoms with Crippen LogP contribution in [0, 0.1) is 4.77 Å². The lowest BCUT2D eigenvalue weighted by molar-refractivity contribution is -0.131. The average Bonchev–Trinajstić information content (AvgIpc) is 3.01. The predicted molar refractivity (Wildman–Crippen MR) is 116 cm³/mol. The van der Waals surface area contributed by atoms with Gasteiger partial charge in [0, 0.05) is 36.6 Å². The van der Waals surface area contributed by atoms with Gasteiger partial charge in [-0.25, -0.2) is 4.68 Å². The van der Waals surface area contributed by atoms with E-state index in [1.165, 1.54) is 5.57 Å². The minimum absolute atomic E-state index is 0.158. The summed E-state index contributed by atoms with van der Waals surface area (Å²) >= 11 is 11.7. The van der Waals surface area contributed by atoms with Crippen LogP contribution in [-0.4, -0.2) is 38.2 Å². The van der Waals surface area contributed by atoms with Crippen LogP contribution in [0.5, 0.6) is 0 Å². The summed E-state index contributed by atoms with van der Waals surface area (Å²) in [7, 11) is 0. The summed E-state index contributed by atoms with van der Waals surface area (Å²) in [4.78, 5) is 14.5. The maximum Gasteiger partial charge on any atom is 0.224 e. The molecule has 0 unspecified atom stereocenters. The molecule has 1 saturated heterocycles. The van der Waals surface area contributed by atoms with Gasteiger partial charge in [-0.3, -0.25) is 9.36 Å². The minimum Gasteiger partial charge on any atom is -0.342 e. The van der Waals surface area contributed by atoms with Gasteiger partial charge >= 0.3 is 0 Å². The standard InChI is InChI=1S/C21H27ClN4OS/c1-3-4-12-25-20(17-5-7-18(22)8-6-17)23-26(21(25)28)15-11-19(27)24-13-9-16(2)10-14-24/h5-8H,2-4,9-15H2,1H3. The monoisotopic (exact) mass is 418 g/mol. The Morgan fingerprint density at radius 3 is 2.54 bits per heavy atom. The van der Waals surface area contributed by atoms with Crippen molar-refractivity contribution in [1.82, 2.24) is 19.2 Å². The first-order valence-corrected chi connectivity index (χ1v) is 10.7. The molecule has 2 aromatic rings. The lowest BCUT2D eigenvalue weighted by Crippen LogP contribution is -2.36. The van der Waals surface area contributed by atoms with E-state index in [0.717, 1.165) is 56.7 Å². The van der Waals surface area contributed by atoms with Crippen LogP contribution in [0.1, 0.15) is 39.0 Å². The second-order valence-electron chi connectivity index (χ2n) is 7.22. The van der Waals surface area contributed by atoms with E-state index < -0.39 is 0 Å². The Hall–Kier alpha value is -1.92. The van der Waals surface area contributed by atoms with E-state index in [2.05, 4.69) is 18.1 Å². The van der Waals surface area contributed by atoms with Crippen LogP contribution in [0.15, 0.2) is 36.4 Å². The van der Waals surface area contributed by atoms with Crippen molar-refractivity contribution in [2.75, 3.05) is 13.1 Å². The highest BCUT2D eigenvalue weighted by Gasteiger charge is 2.19. The molecule has 7 heteroatoms. The Bertz CT molecular complexity index is 890. The summed E-state index contributed by atoms with van der Waals surface area (Å²) in [6, 6.07) is 7.63. The highest BCUT2D eigenvalue weighted by atomic mass is 35.5. The molecule has 0 bridgehead atoms. The van der Waals surface area contributed by atoms with E-state index in [1.807, 2.05) is 29.2 Å². The molecular weight excluding hydrogens is 392 g/mol. The summed E-state index contributed by atoms with van der Waals surface area (Å²) < 4.78 is 4.52. The maximum atomic E-state index is 12.6. The third kappa shape index (κ3) is 4.92. The molecule has 0 atom stereocenters. The third-order valence-corrected chi connectivity index (χ3v) is 5.80. The van der Waals surface area contributed by atoms with Crippen LogP contribution in [0.25, 0.3) is 11.4 Å². The summed E-state index contributed by atoms with van der Waals surface area (Å²) in [6.07, 6.45) is 4.31. The van der Waals surface area contributed by atoms with Crippen molar-refractivity contribution in [3.63, 3.8) is 0 Å². The van der Waals surface area contributed by atoms with Gasteiger partial charge in [0.1, 0.15) is 0 Å². The zero-order valence-corrected chi connectivity index (χ0v) is 17.9. The Kier molecular flexibility index (Phi) is 7.08. The quantitative estimate of drug-likeness (QED) is 0.464. The maximum absolute atomic E-state index is 12.6. The molecular formula is C21H27ClN4OS. The van der Waals surface area contributed by atoms with Crippen LogP contribution >= 0.6 is 23.8 Å². The largest absolute Gasteiger partial charge is 0.342 e. The van der Waals surface area contributed by atoms with Crippen molar-refractivity contribution >= 4 is 29.7 Å². The number of likely N-dealkylation sites (tertiary alicyclic amines) is 1. The van der Waals surface area contributed by atoms with Crippen molar-refractivity contribution in [3.8, 4) is 11.4 Å².